The summed E-state index contributed by atoms with van der Waals surface area (Å²) in [4.78, 5) is 17.4. The second-order valence-electron chi connectivity index (χ2n) is 8.38. The molecular formula is C23H24N4O2. The average Bonchev–Trinajstić information content (AvgIpc) is 3.28. The van der Waals surface area contributed by atoms with Gasteiger partial charge in [0.15, 0.2) is 5.65 Å². The van der Waals surface area contributed by atoms with Crippen molar-refractivity contribution in [2.75, 3.05) is 13.1 Å². The van der Waals surface area contributed by atoms with E-state index in [0.717, 1.165) is 37.0 Å². The number of aryl methyl sites for hydroxylation is 1. The van der Waals surface area contributed by atoms with Crippen molar-refractivity contribution in [3.63, 3.8) is 0 Å². The number of nitrogens with zero attached hydrogens (tertiary/aromatic N) is 3. The summed E-state index contributed by atoms with van der Waals surface area (Å²) in [6, 6.07) is 9.18. The van der Waals surface area contributed by atoms with Crippen LogP contribution in [0.4, 0.5) is 0 Å². The van der Waals surface area contributed by atoms with Gasteiger partial charge in [0.2, 0.25) is 5.91 Å². The van der Waals surface area contributed by atoms with E-state index >= 15 is 0 Å². The summed E-state index contributed by atoms with van der Waals surface area (Å²) in [5.41, 5.74) is 4.67. The van der Waals surface area contributed by atoms with Crippen molar-refractivity contribution in [3.05, 3.63) is 54.2 Å². The Balaban J connectivity index is 1.52. The number of aromatic nitrogens is 3. The number of hydrogen-bond acceptors (Lipinski definition) is 4. The van der Waals surface area contributed by atoms with Crippen molar-refractivity contribution in [1.82, 2.24) is 20.1 Å². The number of benzene rings is 1. The molecule has 1 aromatic carbocycles. The Morgan fingerprint density at radius 1 is 1.34 bits per heavy atom. The van der Waals surface area contributed by atoms with Gasteiger partial charge in [-0.05, 0) is 49.6 Å². The number of aromatic hydroxyl groups is 1. The van der Waals surface area contributed by atoms with E-state index < -0.39 is 0 Å². The minimum Gasteiger partial charge on any atom is -0.507 e. The molecule has 0 bridgehead atoms. The van der Waals surface area contributed by atoms with Gasteiger partial charge in [-0.2, -0.15) is 0 Å². The first-order valence-electron chi connectivity index (χ1n) is 10.1. The second kappa shape index (κ2) is 6.44. The monoisotopic (exact) mass is 388 g/mol. The first-order chi connectivity index (χ1) is 14.0. The third-order valence-electron chi connectivity index (χ3n) is 6.79. The molecule has 1 aliphatic heterocycles. The summed E-state index contributed by atoms with van der Waals surface area (Å²) < 4.78 is 0. The van der Waals surface area contributed by atoms with Crippen molar-refractivity contribution in [2.24, 2.45) is 5.41 Å². The fourth-order valence-electron chi connectivity index (χ4n) is 5.27. The predicted octanol–water partition coefficient (Wildman–Crippen LogP) is 3.92. The zero-order chi connectivity index (χ0) is 20.2. The molecule has 1 atom stereocenters. The average molecular weight is 388 g/mol. The summed E-state index contributed by atoms with van der Waals surface area (Å²) in [6.45, 7) is 7.33. The summed E-state index contributed by atoms with van der Waals surface area (Å²) in [6.07, 6.45) is 4.83. The molecule has 1 aliphatic carbocycles. The number of para-hydroxylation sites is 1. The van der Waals surface area contributed by atoms with Gasteiger partial charge in [-0.15, -0.1) is 10.2 Å². The van der Waals surface area contributed by atoms with E-state index in [9.17, 15) is 9.90 Å². The number of phenols is 1. The molecule has 6 nitrogen and oxygen atoms in total. The number of carbonyl (C=O) groups excluding carboxylic acids is 1. The van der Waals surface area contributed by atoms with Crippen LogP contribution in [0.5, 0.6) is 5.75 Å². The number of carbonyl (C=O) groups is 1. The Hall–Kier alpha value is -3.15. The molecule has 3 heterocycles. The molecule has 5 rings (SSSR count). The van der Waals surface area contributed by atoms with Crippen LogP contribution in [-0.4, -0.2) is 44.2 Å². The number of fused-ring (bicyclic) bond motifs is 1. The van der Waals surface area contributed by atoms with Crippen LogP contribution >= 0.6 is 0 Å². The zero-order valence-corrected chi connectivity index (χ0v) is 16.5. The van der Waals surface area contributed by atoms with Gasteiger partial charge in [0.25, 0.3) is 0 Å². The normalized spacial score (nSPS) is 20.2. The minimum atomic E-state index is 0.0211. The number of rotatable bonds is 3. The van der Waals surface area contributed by atoms with Crippen LogP contribution in [0.3, 0.4) is 0 Å². The van der Waals surface area contributed by atoms with Crippen molar-refractivity contribution >= 4 is 16.9 Å². The van der Waals surface area contributed by atoms with Crippen molar-refractivity contribution in [2.45, 2.75) is 32.1 Å². The van der Waals surface area contributed by atoms with Gasteiger partial charge in [-0.3, -0.25) is 4.79 Å². The quantitative estimate of drug-likeness (QED) is 0.666. The molecule has 6 heteroatoms. The Labute approximate surface area is 169 Å². The van der Waals surface area contributed by atoms with Gasteiger partial charge in [0.1, 0.15) is 5.75 Å². The molecule has 2 aromatic heterocycles. The van der Waals surface area contributed by atoms with Crippen LogP contribution in [-0.2, 0) is 4.79 Å². The number of likely N-dealkylation sites (tertiary alicyclic amines) is 1. The maximum atomic E-state index is 11.9. The largest absolute Gasteiger partial charge is 0.507 e. The highest BCUT2D eigenvalue weighted by atomic mass is 16.3. The Bertz CT molecular complexity index is 1130. The number of phenolic OH excluding ortho intramolecular Hbond substituents is 1. The van der Waals surface area contributed by atoms with E-state index in [1.807, 2.05) is 23.1 Å². The second-order valence-corrected chi connectivity index (χ2v) is 8.38. The lowest BCUT2D eigenvalue weighted by molar-refractivity contribution is -0.138. The van der Waals surface area contributed by atoms with E-state index in [1.54, 1.807) is 12.1 Å². The molecule has 2 aliphatic rings. The highest BCUT2D eigenvalue weighted by molar-refractivity contribution is 5.88. The van der Waals surface area contributed by atoms with Gasteiger partial charge in [-0.1, -0.05) is 25.1 Å². The molecule has 1 spiro atoms. The fraction of sp³-hybridized carbons (Fsp3) is 0.348. The third-order valence-corrected chi connectivity index (χ3v) is 6.79. The first-order valence-corrected chi connectivity index (χ1v) is 10.1. The fourth-order valence-corrected chi connectivity index (χ4v) is 5.27. The molecule has 2 fully saturated rings. The molecular weight excluding hydrogens is 364 g/mol. The van der Waals surface area contributed by atoms with Crippen LogP contribution in [0.1, 0.15) is 36.4 Å². The lowest BCUT2D eigenvalue weighted by atomic mass is 9.69. The molecule has 1 saturated carbocycles. The molecule has 2 N–H and O–H groups in total. The maximum absolute atomic E-state index is 11.9. The highest BCUT2D eigenvalue weighted by Gasteiger charge is 2.53. The zero-order valence-electron chi connectivity index (χ0n) is 16.5. The minimum absolute atomic E-state index is 0.0211. The number of amides is 1. The van der Waals surface area contributed by atoms with Crippen LogP contribution < -0.4 is 0 Å². The Kier molecular flexibility index (Phi) is 3.98. The van der Waals surface area contributed by atoms with Gasteiger partial charge >= 0.3 is 0 Å². The Morgan fingerprint density at radius 3 is 2.90 bits per heavy atom. The van der Waals surface area contributed by atoms with E-state index in [1.165, 1.54) is 23.8 Å². The Morgan fingerprint density at radius 2 is 2.14 bits per heavy atom. The first kappa shape index (κ1) is 17.9. The summed E-state index contributed by atoms with van der Waals surface area (Å²) in [7, 11) is 0. The van der Waals surface area contributed by atoms with Gasteiger partial charge in [0, 0.05) is 41.1 Å². The summed E-state index contributed by atoms with van der Waals surface area (Å²) in [5.74, 6) is 0.609. The van der Waals surface area contributed by atoms with Crippen LogP contribution in [0.15, 0.2) is 43.0 Å². The SMILES string of the molecule is C=CC(=O)N1CC2(CCC[C@@H]2c2[nH]c3nnc(-c4ccccc4O)cc3c2C)C1. The number of H-pyrrole nitrogens is 1. The smallest absolute Gasteiger partial charge is 0.245 e. The lowest BCUT2D eigenvalue weighted by Gasteiger charge is -2.51. The van der Waals surface area contributed by atoms with Crippen molar-refractivity contribution in [3.8, 4) is 17.0 Å². The summed E-state index contributed by atoms with van der Waals surface area (Å²) in [5, 5.41) is 19.9. The van der Waals surface area contributed by atoms with Gasteiger partial charge < -0.3 is 15.0 Å². The van der Waals surface area contributed by atoms with Gasteiger partial charge in [-0.25, -0.2) is 0 Å². The van der Waals surface area contributed by atoms with E-state index in [0.29, 0.717) is 17.2 Å². The molecule has 1 amide bonds. The third kappa shape index (κ3) is 2.66. The maximum Gasteiger partial charge on any atom is 0.245 e. The van der Waals surface area contributed by atoms with Crippen LogP contribution in [0.2, 0.25) is 0 Å². The highest BCUT2D eigenvalue weighted by Crippen LogP contribution is 2.55. The van der Waals surface area contributed by atoms with E-state index in [4.69, 9.17) is 0 Å². The van der Waals surface area contributed by atoms with E-state index in [-0.39, 0.29) is 17.1 Å². The van der Waals surface area contributed by atoms with Crippen LogP contribution in [0, 0.1) is 12.3 Å². The molecule has 0 unspecified atom stereocenters. The molecule has 29 heavy (non-hydrogen) atoms. The number of hydrogen-bond donors (Lipinski definition) is 2. The standard InChI is InChI=1S/C23H24N4O2/c1-3-20(29)27-12-23(13-27)10-6-8-17(23)21-14(2)16-11-18(25-26-22(16)24-21)15-7-4-5-9-19(15)28/h3-5,7,9,11,17,28H,1,6,8,10,12-13H2,2H3,(H,24,26)/t17-/m1/s1. The van der Waals surface area contributed by atoms with Crippen molar-refractivity contribution < 1.29 is 9.90 Å². The molecule has 148 valence electrons. The summed E-state index contributed by atoms with van der Waals surface area (Å²) >= 11 is 0. The topological polar surface area (TPSA) is 82.1 Å². The molecule has 1 saturated heterocycles. The molecule has 3 aromatic rings. The van der Waals surface area contributed by atoms with E-state index in [2.05, 4.69) is 28.7 Å². The number of nitrogens with one attached hydrogen (secondary N) is 1. The van der Waals surface area contributed by atoms with Crippen LogP contribution in [0.25, 0.3) is 22.3 Å². The lowest BCUT2D eigenvalue weighted by Crippen LogP contribution is -2.59. The predicted molar refractivity (Wildman–Crippen MR) is 112 cm³/mol. The van der Waals surface area contributed by atoms with Gasteiger partial charge in [0.05, 0.1) is 5.69 Å². The van der Waals surface area contributed by atoms with Crippen molar-refractivity contribution in [1.29, 1.82) is 0 Å². The molecule has 0 radical (unpaired) electrons. The number of aromatic amines is 1.